The summed E-state index contributed by atoms with van der Waals surface area (Å²) in [4.78, 5) is 1.87. The van der Waals surface area contributed by atoms with Gasteiger partial charge in [-0.3, -0.25) is 0 Å². The highest BCUT2D eigenvalue weighted by molar-refractivity contribution is 7.12. The molecule has 78 valence electrons. The number of alkyl halides is 2. The van der Waals surface area contributed by atoms with Crippen LogP contribution in [0.5, 0.6) is 0 Å². The molecule has 1 unspecified atom stereocenters. The molecule has 0 fully saturated rings. The molecule has 2 rings (SSSR count). The lowest BCUT2D eigenvalue weighted by Crippen LogP contribution is -2.39. The lowest BCUT2D eigenvalue weighted by Gasteiger charge is -2.21. The molecule has 0 saturated carbocycles. The minimum atomic E-state index is -2.50. The zero-order valence-electron chi connectivity index (χ0n) is 8.02. The van der Waals surface area contributed by atoms with Gasteiger partial charge in [0.2, 0.25) is 0 Å². The first kappa shape index (κ1) is 10.1. The van der Waals surface area contributed by atoms with Crippen LogP contribution in [0.1, 0.15) is 28.7 Å². The fraction of sp³-hybridized carbons (Fsp3) is 0.600. The summed E-state index contributed by atoms with van der Waals surface area (Å²) in [5.41, 5.74) is 5.35. The van der Waals surface area contributed by atoms with E-state index in [1.54, 1.807) is 0 Å². The van der Waals surface area contributed by atoms with Gasteiger partial charge < -0.3 is 5.73 Å². The predicted octanol–water partition coefficient (Wildman–Crippen LogP) is 2.68. The van der Waals surface area contributed by atoms with Crippen LogP contribution < -0.4 is 5.73 Å². The molecule has 2 N–H and O–H groups in total. The number of aryl methyl sites for hydroxylation is 2. The molecule has 0 bridgehead atoms. The molecule has 0 spiro atoms. The topological polar surface area (TPSA) is 26.0 Å². The third-order valence-electron chi connectivity index (χ3n) is 2.73. The first-order valence-electron chi connectivity index (χ1n) is 4.71. The van der Waals surface area contributed by atoms with E-state index < -0.39 is 12.0 Å². The summed E-state index contributed by atoms with van der Waals surface area (Å²) in [6, 6.07) is 1.86. The maximum absolute atomic E-state index is 12.6. The summed E-state index contributed by atoms with van der Waals surface area (Å²) < 4.78 is 25.3. The minimum absolute atomic E-state index is 0.622. The van der Waals surface area contributed by atoms with Crippen LogP contribution >= 0.6 is 11.3 Å². The van der Waals surface area contributed by atoms with Crippen LogP contribution in [0.3, 0.4) is 0 Å². The van der Waals surface area contributed by atoms with Crippen LogP contribution in [-0.2, 0) is 18.4 Å². The summed E-state index contributed by atoms with van der Waals surface area (Å²) >= 11 is 1.45. The highest BCUT2D eigenvalue weighted by atomic mass is 32.1. The van der Waals surface area contributed by atoms with E-state index in [2.05, 4.69) is 0 Å². The second-order valence-corrected chi connectivity index (χ2v) is 5.13. The molecule has 0 radical (unpaired) electrons. The van der Waals surface area contributed by atoms with Crippen LogP contribution in [0, 0.1) is 0 Å². The molecule has 14 heavy (non-hydrogen) atoms. The maximum atomic E-state index is 12.6. The minimum Gasteiger partial charge on any atom is -0.316 e. The monoisotopic (exact) mass is 217 g/mol. The Morgan fingerprint density at radius 3 is 2.79 bits per heavy atom. The Labute approximate surface area is 85.9 Å². The van der Waals surface area contributed by atoms with Crippen molar-refractivity contribution in [3.63, 3.8) is 0 Å². The van der Waals surface area contributed by atoms with E-state index >= 15 is 0 Å². The Bertz CT molecular complexity index is 322. The second kappa shape index (κ2) is 3.28. The molecule has 4 heteroatoms. The van der Waals surface area contributed by atoms with Crippen molar-refractivity contribution < 1.29 is 8.78 Å². The van der Waals surface area contributed by atoms with E-state index in [1.807, 2.05) is 6.07 Å². The van der Waals surface area contributed by atoms with Gasteiger partial charge in [0.15, 0.2) is 0 Å². The van der Waals surface area contributed by atoms with Gasteiger partial charge in [0.25, 0.3) is 6.43 Å². The Hall–Kier alpha value is -0.480. The van der Waals surface area contributed by atoms with Gasteiger partial charge >= 0.3 is 0 Å². The Morgan fingerprint density at radius 1 is 1.50 bits per heavy atom. The SMILES string of the molecule is CC(N)(c1cc2c(s1)CCC2)C(F)F. The third-order valence-corrected chi connectivity index (χ3v) is 4.22. The van der Waals surface area contributed by atoms with Crippen LogP contribution in [0.15, 0.2) is 6.07 Å². The number of fused-ring (bicyclic) bond motifs is 1. The molecule has 1 aromatic rings. The number of hydrogen-bond acceptors (Lipinski definition) is 2. The van der Waals surface area contributed by atoms with Gasteiger partial charge in [-0.1, -0.05) is 0 Å². The molecule has 1 atom stereocenters. The summed E-state index contributed by atoms with van der Waals surface area (Å²) in [5.74, 6) is 0. The number of hydrogen-bond donors (Lipinski definition) is 1. The molecule has 1 nitrogen and oxygen atoms in total. The van der Waals surface area contributed by atoms with Crippen molar-refractivity contribution in [2.75, 3.05) is 0 Å². The summed E-state index contributed by atoms with van der Waals surface area (Å²) in [7, 11) is 0. The molecule has 1 aliphatic carbocycles. The summed E-state index contributed by atoms with van der Waals surface area (Å²) in [6.45, 7) is 1.40. The Kier molecular flexibility index (Phi) is 2.35. The smallest absolute Gasteiger partial charge is 0.260 e. The van der Waals surface area contributed by atoms with Gasteiger partial charge in [-0.2, -0.15) is 0 Å². The average Bonchev–Trinajstić information content (AvgIpc) is 2.60. The molecule has 0 aromatic carbocycles. The largest absolute Gasteiger partial charge is 0.316 e. The standard InChI is InChI=1S/C10H13F2NS/c1-10(13,9(11)12)8-5-6-3-2-4-7(6)14-8/h5,9H,2-4,13H2,1H3. The molecule has 0 saturated heterocycles. The molecular formula is C10H13F2NS. The normalized spacial score (nSPS) is 19.8. The average molecular weight is 217 g/mol. The van der Waals surface area contributed by atoms with Crippen LogP contribution in [0.25, 0.3) is 0 Å². The molecule has 1 aliphatic rings. The highest BCUT2D eigenvalue weighted by Crippen LogP contribution is 2.37. The first-order chi connectivity index (χ1) is 6.51. The van der Waals surface area contributed by atoms with Gasteiger partial charge in [-0.25, -0.2) is 8.78 Å². The molecule has 0 aliphatic heterocycles. The number of nitrogens with two attached hydrogens (primary N) is 1. The number of halogens is 2. The van der Waals surface area contributed by atoms with Crippen LogP contribution in [0.2, 0.25) is 0 Å². The zero-order valence-corrected chi connectivity index (χ0v) is 8.83. The predicted molar refractivity (Wildman–Crippen MR) is 53.9 cm³/mol. The quantitative estimate of drug-likeness (QED) is 0.809. The highest BCUT2D eigenvalue weighted by Gasteiger charge is 2.35. The number of thiophene rings is 1. The van der Waals surface area contributed by atoms with E-state index in [1.165, 1.54) is 28.7 Å². The first-order valence-corrected chi connectivity index (χ1v) is 5.52. The van der Waals surface area contributed by atoms with E-state index in [-0.39, 0.29) is 0 Å². The third kappa shape index (κ3) is 1.46. The lowest BCUT2D eigenvalue weighted by molar-refractivity contribution is 0.0644. The van der Waals surface area contributed by atoms with Gasteiger partial charge in [0, 0.05) is 9.75 Å². The van der Waals surface area contributed by atoms with Crippen molar-refractivity contribution in [2.24, 2.45) is 5.73 Å². The van der Waals surface area contributed by atoms with E-state index in [0.29, 0.717) is 4.88 Å². The fourth-order valence-corrected chi connectivity index (χ4v) is 3.02. The van der Waals surface area contributed by atoms with Crippen LogP contribution in [0.4, 0.5) is 8.78 Å². The Balaban J connectivity index is 2.33. The van der Waals surface area contributed by atoms with Crippen molar-refractivity contribution in [1.29, 1.82) is 0 Å². The van der Waals surface area contributed by atoms with Gasteiger partial charge in [0.05, 0.1) is 0 Å². The summed E-state index contributed by atoms with van der Waals surface area (Å²) in [6.07, 6.45) is 0.697. The van der Waals surface area contributed by atoms with Crippen molar-refractivity contribution in [2.45, 2.75) is 38.2 Å². The fourth-order valence-electron chi connectivity index (χ4n) is 1.70. The van der Waals surface area contributed by atoms with Gasteiger partial charge in [-0.05, 0) is 37.8 Å². The molecule has 0 amide bonds. The van der Waals surface area contributed by atoms with E-state index in [9.17, 15) is 8.78 Å². The lowest BCUT2D eigenvalue weighted by atomic mass is 10.0. The maximum Gasteiger partial charge on any atom is 0.260 e. The summed E-state index contributed by atoms with van der Waals surface area (Å²) in [5, 5.41) is 0. The Morgan fingerprint density at radius 2 is 2.21 bits per heavy atom. The van der Waals surface area contributed by atoms with Crippen molar-refractivity contribution >= 4 is 11.3 Å². The van der Waals surface area contributed by atoms with Gasteiger partial charge in [0.1, 0.15) is 5.54 Å². The second-order valence-electron chi connectivity index (χ2n) is 4.00. The molecule has 1 aromatic heterocycles. The number of rotatable bonds is 2. The van der Waals surface area contributed by atoms with Crippen molar-refractivity contribution in [1.82, 2.24) is 0 Å². The van der Waals surface area contributed by atoms with Crippen LogP contribution in [-0.4, -0.2) is 6.43 Å². The zero-order chi connectivity index (χ0) is 10.3. The van der Waals surface area contributed by atoms with Crippen molar-refractivity contribution in [3.8, 4) is 0 Å². The van der Waals surface area contributed by atoms with Crippen molar-refractivity contribution in [3.05, 3.63) is 21.4 Å². The molecule has 1 heterocycles. The molecular weight excluding hydrogens is 204 g/mol. The van der Waals surface area contributed by atoms with E-state index in [4.69, 9.17) is 5.73 Å². The van der Waals surface area contributed by atoms with E-state index in [0.717, 1.165) is 19.3 Å². The van der Waals surface area contributed by atoms with Gasteiger partial charge in [-0.15, -0.1) is 11.3 Å².